The molecule has 0 aromatic carbocycles. The van der Waals surface area contributed by atoms with Crippen molar-refractivity contribution in [3.8, 4) is 0 Å². The number of carbonyl (C=O) groups is 1. The minimum Gasteiger partial charge on any atom is -0.339 e. The lowest BCUT2D eigenvalue weighted by atomic mass is 10.2. The summed E-state index contributed by atoms with van der Waals surface area (Å²) in [5, 5.41) is 10.6. The van der Waals surface area contributed by atoms with Gasteiger partial charge in [0.2, 0.25) is 0 Å². The van der Waals surface area contributed by atoms with Crippen molar-refractivity contribution in [2.75, 3.05) is 13.1 Å². The van der Waals surface area contributed by atoms with Gasteiger partial charge in [-0.15, -0.1) is 0 Å². The summed E-state index contributed by atoms with van der Waals surface area (Å²) in [5.41, 5.74) is -0.170. The van der Waals surface area contributed by atoms with Crippen LogP contribution in [0.3, 0.4) is 0 Å². The highest BCUT2D eigenvalue weighted by Gasteiger charge is 2.20. The summed E-state index contributed by atoms with van der Waals surface area (Å²) in [6, 6.07) is 1.16. The minimum atomic E-state index is -0.601. The third kappa shape index (κ3) is 3.16. The lowest BCUT2D eigenvalue weighted by Crippen LogP contribution is -2.31. The van der Waals surface area contributed by atoms with E-state index < -0.39 is 4.92 Å². The molecule has 0 aliphatic carbocycles. The second-order valence-corrected chi connectivity index (χ2v) is 4.03. The van der Waals surface area contributed by atoms with Gasteiger partial charge < -0.3 is 4.90 Å². The molecular weight excluding hydrogens is 258 g/mol. The molecule has 0 aliphatic heterocycles. The van der Waals surface area contributed by atoms with Gasteiger partial charge in [0.1, 0.15) is 11.3 Å². The van der Waals surface area contributed by atoms with E-state index in [1.165, 1.54) is 0 Å². The molecule has 1 aromatic heterocycles. The molecule has 0 spiro atoms. The van der Waals surface area contributed by atoms with Crippen LogP contribution in [0, 0.1) is 10.1 Å². The summed E-state index contributed by atoms with van der Waals surface area (Å²) in [6.45, 7) is 4.88. The highest BCUT2D eigenvalue weighted by molar-refractivity contribution is 6.32. The average Bonchev–Trinajstić information content (AvgIpc) is 2.35. The molecule has 0 fully saturated rings. The second-order valence-electron chi connectivity index (χ2n) is 3.67. The smallest absolute Gasteiger partial charge is 0.288 e. The Morgan fingerprint density at radius 2 is 2.22 bits per heavy atom. The molecule has 0 saturated carbocycles. The van der Waals surface area contributed by atoms with Gasteiger partial charge >= 0.3 is 0 Å². The quantitative estimate of drug-likeness (QED) is 0.468. The molecule has 0 unspecified atom stereocenters. The topological polar surface area (TPSA) is 76.3 Å². The minimum absolute atomic E-state index is 0.0137. The third-order valence-corrected chi connectivity index (χ3v) is 2.73. The van der Waals surface area contributed by atoms with Crippen molar-refractivity contribution in [2.45, 2.75) is 20.3 Å². The van der Waals surface area contributed by atoms with Gasteiger partial charge in [-0.1, -0.05) is 18.5 Å². The van der Waals surface area contributed by atoms with Gasteiger partial charge in [-0.05, 0) is 13.3 Å². The maximum atomic E-state index is 12.1. The predicted octanol–water partition coefficient (Wildman–Crippen LogP) is 2.52. The van der Waals surface area contributed by atoms with Crippen molar-refractivity contribution < 1.29 is 9.72 Å². The van der Waals surface area contributed by atoms with E-state index in [9.17, 15) is 14.9 Å². The molecule has 98 valence electrons. The fourth-order valence-electron chi connectivity index (χ4n) is 1.53. The molecule has 1 rings (SSSR count). The zero-order chi connectivity index (χ0) is 13.7. The molecule has 6 nitrogen and oxygen atoms in total. The number of amides is 1. The standard InChI is InChI=1S/C11H14ClN3O3/c1-3-5-14(4-2)11(16)9-6-8(15(17)18)7-13-10(9)12/h6-7H,3-5H2,1-2H3. The number of hydrogen-bond donors (Lipinski definition) is 0. The monoisotopic (exact) mass is 271 g/mol. The van der Waals surface area contributed by atoms with E-state index in [-0.39, 0.29) is 22.3 Å². The lowest BCUT2D eigenvalue weighted by Gasteiger charge is -2.20. The van der Waals surface area contributed by atoms with E-state index in [1.807, 2.05) is 13.8 Å². The molecule has 0 atom stereocenters. The summed E-state index contributed by atoms with van der Waals surface area (Å²) in [5.74, 6) is -0.333. The number of pyridine rings is 1. The van der Waals surface area contributed by atoms with Crippen molar-refractivity contribution in [2.24, 2.45) is 0 Å². The van der Waals surface area contributed by atoms with Gasteiger partial charge in [-0.3, -0.25) is 14.9 Å². The first-order valence-corrected chi connectivity index (χ1v) is 5.98. The first kappa shape index (κ1) is 14.4. The summed E-state index contributed by atoms with van der Waals surface area (Å²) >= 11 is 5.82. The summed E-state index contributed by atoms with van der Waals surface area (Å²) in [7, 11) is 0. The molecular formula is C11H14ClN3O3. The number of halogens is 1. The van der Waals surface area contributed by atoms with Crippen molar-refractivity contribution in [1.82, 2.24) is 9.88 Å². The van der Waals surface area contributed by atoms with Crippen LogP contribution in [0.2, 0.25) is 5.15 Å². The zero-order valence-corrected chi connectivity index (χ0v) is 11.0. The Morgan fingerprint density at radius 3 is 2.72 bits per heavy atom. The molecule has 0 bridgehead atoms. The van der Waals surface area contributed by atoms with Gasteiger partial charge in [0, 0.05) is 19.2 Å². The molecule has 1 amide bonds. The SMILES string of the molecule is CCCN(CC)C(=O)c1cc([N+](=O)[O-])cnc1Cl. The van der Waals surface area contributed by atoms with Crippen LogP contribution in [0.5, 0.6) is 0 Å². The van der Waals surface area contributed by atoms with Gasteiger partial charge in [0.05, 0.1) is 10.5 Å². The first-order chi connectivity index (χ1) is 8.51. The normalized spacial score (nSPS) is 10.2. The number of hydrogen-bond acceptors (Lipinski definition) is 4. The van der Waals surface area contributed by atoms with Crippen LogP contribution in [0.25, 0.3) is 0 Å². The van der Waals surface area contributed by atoms with Crippen LogP contribution in [0.1, 0.15) is 30.6 Å². The fourth-order valence-corrected chi connectivity index (χ4v) is 1.71. The van der Waals surface area contributed by atoms with Crippen LogP contribution >= 0.6 is 11.6 Å². The number of carbonyl (C=O) groups excluding carboxylic acids is 1. The molecule has 0 saturated heterocycles. The fraction of sp³-hybridized carbons (Fsp3) is 0.455. The Bertz CT molecular complexity index is 465. The Labute approximate surface area is 110 Å². The Morgan fingerprint density at radius 1 is 1.56 bits per heavy atom. The van der Waals surface area contributed by atoms with Gasteiger partial charge in [0.25, 0.3) is 11.6 Å². The molecule has 1 aromatic rings. The predicted molar refractivity (Wildman–Crippen MR) is 67.8 cm³/mol. The van der Waals surface area contributed by atoms with Crippen LogP contribution in [0.4, 0.5) is 5.69 Å². The maximum Gasteiger partial charge on any atom is 0.288 e. The Hall–Kier alpha value is -1.69. The number of nitro groups is 1. The Kier molecular flexibility index (Phi) is 5.03. The van der Waals surface area contributed by atoms with Crippen LogP contribution < -0.4 is 0 Å². The molecule has 0 aliphatic rings. The van der Waals surface area contributed by atoms with E-state index in [0.717, 1.165) is 18.7 Å². The lowest BCUT2D eigenvalue weighted by molar-refractivity contribution is -0.385. The van der Waals surface area contributed by atoms with Crippen LogP contribution in [0.15, 0.2) is 12.3 Å². The van der Waals surface area contributed by atoms with E-state index in [4.69, 9.17) is 11.6 Å². The van der Waals surface area contributed by atoms with Crippen molar-refractivity contribution >= 4 is 23.2 Å². The molecule has 1 heterocycles. The Balaban J connectivity index is 3.10. The van der Waals surface area contributed by atoms with E-state index in [2.05, 4.69) is 4.98 Å². The molecule has 0 N–H and O–H groups in total. The van der Waals surface area contributed by atoms with Gasteiger partial charge in [0.15, 0.2) is 0 Å². The van der Waals surface area contributed by atoms with Crippen molar-refractivity contribution in [3.05, 3.63) is 33.1 Å². The van der Waals surface area contributed by atoms with Crippen LogP contribution in [-0.2, 0) is 0 Å². The number of aromatic nitrogens is 1. The number of rotatable bonds is 5. The molecule has 18 heavy (non-hydrogen) atoms. The average molecular weight is 272 g/mol. The van der Waals surface area contributed by atoms with Crippen molar-refractivity contribution in [1.29, 1.82) is 0 Å². The van der Waals surface area contributed by atoms with E-state index in [1.54, 1.807) is 4.90 Å². The van der Waals surface area contributed by atoms with Crippen LogP contribution in [-0.4, -0.2) is 33.8 Å². The largest absolute Gasteiger partial charge is 0.339 e. The second kappa shape index (κ2) is 6.30. The third-order valence-electron chi connectivity index (χ3n) is 2.43. The highest BCUT2D eigenvalue weighted by Crippen LogP contribution is 2.20. The van der Waals surface area contributed by atoms with Gasteiger partial charge in [-0.2, -0.15) is 0 Å². The molecule has 7 heteroatoms. The van der Waals surface area contributed by atoms with Crippen molar-refractivity contribution in [3.63, 3.8) is 0 Å². The number of nitrogens with zero attached hydrogens (tertiary/aromatic N) is 3. The zero-order valence-electron chi connectivity index (χ0n) is 10.2. The molecule has 0 radical (unpaired) electrons. The van der Waals surface area contributed by atoms with Gasteiger partial charge in [-0.25, -0.2) is 4.98 Å². The van der Waals surface area contributed by atoms with E-state index in [0.29, 0.717) is 13.1 Å². The van der Waals surface area contributed by atoms with E-state index >= 15 is 0 Å². The maximum absolute atomic E-state index is 12.1. The highest BCUT2D eigenvalue weighted by atomic mass is 35.5. The summed E-state index contributed by atoms with van der Waals surface area (Å²) in [4.78, 5) is 27.4. The first-order valence-electron chi connectivity index (χ1n) is 5.60. The summed E-state index contributed by atoms with van der Waals surface area (Å²) in [6.07, 6.45) is 1.84. The summed E-state index contributed by atoms with van der Waals surface area (Å²) < 4.78 is 0.